The Labute approximate surface area is 152 Å². The highest BCUT2D eigenvalue weighted by molar-refractivity contribution is 6.16. The van der Waals surface area contributed by atoms with Crippen LogP contribution in [0.3, 0.4) is 0 Å². The Balaban J connectivity index is 2.63. The molecular formula is C20H22N2O4. The monoisotopic (exact) mass is 354 g/mol. The van der Waals surface area contributed by atoms with E-state index in [1.54, 1.807) is 0 Å². The summed E-state index contributed by atoms with van der Waals surface area (Å²) < 4.78 is 11.9. The summed E-state index contributed by atoms with van der Waals surface area (Å²) in [5.74, 6) is -1.13. The van der Waals surface area contributed by atoms with Crippen molar-refractivity contribution in [3.8, 4) is 11.3 Å². The first-order valence-corrected chi connectivity index (χ1v) is 8.23. The number of aromatic nitrogens is 1. The van der Waals surface area contributed by atoms with Gasteiger partial charge in [0.25, 0.3) is 0 Å². The summed E-state index contributed by atoms with van der Waals surface area (Å²) in [5.41, 5.74) is 5.52. The molecule has 1 aliphatic carbocycles. The normalized spacial score (nSPS) is 11.0. The van der Waals surface area contributed by atoms with Crippen LogP contribution >= 0.6 is 0 Å². The van der Waals surface area contributed by atoms with E-state index in [1.807, 2.05) is 61.6 Å². The van der Waals surface area contributed by atoms with E-state index in [1.165, 1.54) is 14.2 Å². The number of hydrogen-bond donors (Lipinski definition) is 0. The second kappa shape index (κ2) is 6.37. The lowest BCUT2D eigenvalue weighted by atomic mass is 10.0. The summed E-state index contributed by atoms with van der Waals surface area (Å²) in [6.07, 6.45) is 1.95. The van der Waals surface area contributed by atoms with Gasteiger partial charge in [0.1, 0.15) is 11.1 Å². The average molecular weight is 354 g/mol. The predicted octanol–water partition coefficient (Wildman–Crippen LogP) is 3.30. The summed E-state index contributed by atoms with van der Waals surface area (Å²) in [6, 6.07) is 6.04. The highest BCUT2D eigenvalue weighted by Gasteiger charge is 2.36. The van der Waals surface area contributed by atoms with Crippen LogP contribution in [-0.2, 0) is 9.47 Å². The van der Waals surface area contributed by atoms with E-state index in [0.717, 1.165) is 22.2 Å². The van der Waals surface area contributed by atoms with Gasteiger partial charge < -0.3 is 18.8 Å². The summed E-state index contributed by atoms with van der Waals surface area (Å²) in [6.45, 7) is 3.95. The number of rotatable bonds is 3. The van der Waals surface area contributed by atoms with Crippen molar-refractivity contribution in [2.45, 2.75) is 13.8 Å². The molecule has 0 radical (unpaired) electrons. The fourth-order valence-electron chi connectivity index (χ4n) is 3.49. The molecule has 26 heavy (non-hydrogen) atoms. The molecule has 0 N–H and O–H groups in total. The average Bonchev–Trinajstić information content (AvgIpc) is 2.98. The fraction of sp³-hybridized carbons (Fsp3) is 0.300. The molecule has 0 unspecified atom stereocenters. The van der Waals surface area contributed by atoms with E-state index in [9.17, 15) is 9.59 Å². The molecule has 1 aromatic rings. The number of pyridine rings is 2. The van der Waals surface area contributed by atoms with Crippen molar-refractivity contribution >= 4 is 23.1 Å². The van der Waals surface area contributed by atoms with E-state index in [-0.39, 0.29) is 11.1 Å². The van der Waals surface area contributed by atoms with Crippen LogP contribution in [0, 0.1) is 13.8 Å². The molecule has 1 aromatic heterocycles. The maximum atomic E-state index is 12.7. The molecule has 0 aromatic carbocycles. The molecule has 2 aliphatic rings. The van der Waals surface area contributed by atoms with Gasteiger partial charge in [0.15, 0.2) is 0 Å². The number of ether oxygens (including phenoxy) is 2. The van der Waals surface area contributed by atoms with Crippen molar-refractivity contribution < 1.29 is 19.1 Å². The first kappa shape index (κ1) is 17.8. The number of hydrogen-bond acceptors (Lipinski definition) is 5. The number of carbonyl (C=O) groups excluding carboxylic acids is 2. The van der Waals surface area contributed by atoms with Crippen LogP contribution in [-0.4, -0.2) is 44.7 Å². The zero-order valence-electron chi connectivity index (χ0n) is 15.8. The van der Waals surface area contributed by atoms with Crippen LogP contribution in [0.25, 0.3) is 16.8 Å². The Morgan fingerprint density at radius 3 is 2.19 bits per heavy atom. The molecule has 0 fully saturated rings. The number of carbonyl (C=O) groups is 2. The number of anilines is 1. The molecule has 3 rings (SSSR count). The van der Waals surface area contributed by atoms with Gasteiger partial charge in [-0.05, 0) is 37.1 Å². The molecule has 1 aliphatic heterocycles. The number of esters is 2. The maximum Gasteiger partial charge on any atom is 0.340 e. The van der Waals surface area contributed by atoms with Gasteiger partial charge >= 0.3 is 11.9 Å². The molecule has 0 saturated heterocycles. The fourth-order valence-corrected chi connectivity index (χ4v) is 3.49. The Hall–Kier alpha value is -3.02. The number of nitrogens with zero attached hydrogens (tertiary/aromatic N) is 2. The highest BCUT2D eigenvalue weighted by Crippen LogP contribution is 2.45. The van der Waals surface area contributed by atoms with Gasteiger partial charge in [-0.3, -0.25) is 0 Å². The van der Waals surface area contributed by atoms with Crippen molar-refractivity contribution in [2.75, 3.05) is 33.2 Å². The minimum Gasteiger partial charge on any atom is -0.465 e. The van der Waals surface area contributed by atoms with E-state index >= 15 is 0 Å². The van der Waals surface area contributed by atoms with Crippen molar-refractivity contribution in [3.05, 3.63) is 46.6 Å². The smallest absolute Gasteiger partial charge is 0.340 e. The third-order valence-electron chi connectivity index (χ3n) is 4.55. The van der Waals surface area contributed by atoms with E-state index in [0.29, 0.717) is 11.4 Å². The molecule has 0 amide bonds. The van der Waals surface area contributed by atoms with Crippen molar-refractivity contribution in [1.82, 2.24) is 4.40 Å². The van der Waals surface area contributed by atoms with E-state index in [4.69, 9.17) is 9.47 Å². The Morgan fingerprint density at radius 2 is 1.62 bits per heavy atom. The molecule has 6 nitrogen and oxygen atoms in total. The zero-order valence-corrected chi connectivity index (χ0v) is 15.8. The predicted molar refractivity (Wildman–Crippen MR) is 100 cm³/mol. The van der Waals surface area contributed by atoms with Crippen molar-refractivity contribution in [2.24, 2.45) is 0 Å². The second-order valence-electron chi connectivity index (χ2n) is 6.53. The molecule has 0 atom stereocenters. The molecule has 0 saturated carbocycles. The maximum absolute atomic E-state index is 12.7. The molecule has 2 heterocycles. The van der Waals surface area contributed by atoms with Gasteiger partial charge in [-0.15, -0.1) is 0 Å². The Kier molecular flexibility index (Phi) is 4.36. The lowest BCUT2D eigenvalue weighted by Gasteiger charge is -2.19. The first-order chi connectivity index (χ1) is 12.3. The van der Waals surface area contributed by atoms with E-state index in [2.05, 4.69) is 0 Å². The van der Waals surface area contributed by atoms with Gasteiger partial charge in [0, 0.05) is 31.4 Å². The lowest BCUT2D eigenvalue weighted by Crippen LogP contribution is -2.16. The van der Waals surface area contributed by atoms with Gasteiger partial charge in [0.05, 0.1) is 25.6 Å². The third kappa shape index (κ3) is 2.49. The van der Waals surface area contributed by atoms with Crippen molar-refractivity contribution in [1.29, 1.82) is 0 Å². The SMILES string of the molecule is COC(=O)c1c(C(=O)OC)c2n3cc(C)ccc3cc(C)c-2c1N(C)C. The topological polar surface area (TPSA) is 60.3 Å². The molecule has 0 spiro atoms. The standard InChI is InChI=1S/C20H22N2O4/c1-11-7-8-13-9-12(2)14-17(21(3)4)15(19(23)25-5)16(20(24)26-6)18(14)22(13)10-11/h7-10H,1-6H3. The largest absolute Gasteiger partial charge is 0.465 e. The zero-order chi connectivity index (χ0) is 19.2. The van der Waals surface area contributed by atoms with Crippen LogP contribution in [0.1, 0.15) is 31.8 Å². The summed E-state index contributed by atoms with van der Waals surface area (Å²) in [7, 11) is 6.30. The lowest BCUT2D eigenvalue weighted by molar-refractivity contribution is 0.0557. The quantitative estimate of drug-likeness (QED) is 0.676. The minimum atomic E-state index is -0.565. The van der Waals surface area contributed by atoms with Crippen LogP contribution < -0.4 is 4.90 Å². The Bertz CT molecular complexity index is 1000. The molecule has 136 valence electrons. The highest BCUT2D eigenvalue weighted by atomic mass is 16.5. The first-order valence-electron chi connectivity index (χ1n) is 8.23. The summed E-state index contributed by atoms with van der Waals surface area (Å²) in [4.78, 5) is 27.1. The van der Waals surface area contributed by atoms with Crippen LogP contribution in [0.15, 0.2) is 24.4 Å². The Morgan fingerprint density at radius 1 is 1.00 bits per heavy atom. The van der Waals surface area contributed by atoms with Gasteiger partial charge in [-0.2, -0.15) is 0 Å². The summed E-state index contributed by atoms with van der Waals surface area (Å²) >= 11 is 0. The van der Waals surface area contributed by atoms with Gasteiger partial charge in [-0.25, -0.2) is 9.59 Å². The second-order valence-corrected chi connectivity index (χ2v) is 6.53. The van der Waals surface area contributed by atoms with Crippen molar-refractivity contribution in [3.63, 3.8) is 0 Å². The van der Waals surface area contributed by atoms with Gasteiger partial charge in [0.2, 0.25) is 0 Å². The molecular weight excluding hydrogens is 332 g/mol. The molecule has 0 bridgehead atoms. The third-order valence-corrected chi connectivity index (χ3v) is 4.55. The summed E-state index contributed by atoms with van der Waals surface area (Å²) in [5, 5.41) is 0. The van der Waals surface area contributed by atoms with Crippen LogP contribution in [0.2, 0.25) is 0 Å². The van der Waals surface area contributed by atoms with Crippen LogP contribution in [0.5, 0.6) is 0 Å². The molecule has 6 heteroatoms. The van der Waals surface area contributed by atoms with E-state index < -0.39 is 11.9 Å². The minimum absolute atomic E-state index is 0.224. The number of aryl methyl sites for hydroxylation is 2. The van der Waals surface area contributed by atoms with Crippen LogP contribution in [0.4, 0.5) is 5.69 Å². The van der Waals surface area contributed by atoms with Gasteiger partial charge in [-0.1, -0.05) is 6.07 Å². The number of methoxy groups -OCH3 is 2. The number of fused-ring (bicyclic) bond motifs is 3.